The second kappa shape index (κ2) is 7.44. The van der Waals surface area contributed by atoms with E-state index in [0.717, 1.165) is 18.9 Å². The standard InChI is InChI=1S/C17H17N3O7S/c18-28(25,26)15-8-11(17(21)22)7-14(19-9-10-1-2-10)16(15)27-13-5-3-12(4-6-13)20(23)24/h3-8,10,19H,1-2,9H2,(H,21,22)(H2,18,25,26). The Balaban J connectivity index is 2.06. The molecule has 11 heteroatoms. The predicted molar refractivity (Wildman–Crippen MR) is 99.2 cm³/mol. The smallest absolute Gasteiger partial charge is 0.335 e. The second-order valence-corrected chi connectivity index (χ2v) is 7.91. The fraction of sp³-hybridized carbons (Fsp3) is 0.235. The van der Waals surface area contributed by atoms with Gasteiger partial charge in [-0.05, 0) is 43.0 Å². The molecule has 1 fully saturated rings. The van der Waals surface area contributed by atoms with E-state index in [9.17, 15) is 28.4 Å². The number of hydrogen-bond donors (Lipinski definition) is 3. The molecule has 1 aliphatic carbocycles. The molecule has 1 saturated carbocycles. The number of nitro groups is 1. The van der Waals surface area contributed by atoms with Crippen LogP contribution in [0.5, 0.6) is 11.5 Å². The summed E-state index contributed by atoms with van der Waals surface area (Å²) in [6.07, 6.45) is 2.04. The lowest BCUT2D eigenvalue weighted by Gasteiger charge is -2.17. The van der Waals surface area contributed by atoms with Gasteiger partial charge in [0.1, 0.15) is 10.6 Å². The number of carboxylic acids is 1. The topological polar surface area (TPSA) is 162 Å². The number of nitro benzene ring substituents is 1. The van der Waals surface area contributed by atoms with Gasteiger partial charge in [0.25, 0.3) is 5.69 Å². The first-order chi connectivity index (χ1) is 13.1. The lowest BCUT2D eigenvalue weighted by Crippen LogP contribution is -2.16. The van der Waals surface area contributed by atoms with Crippen LogP contribution >= 0.6 is 0 Å². The number of nitrogens with two attached hydrogens (primary N) is 1. The number of carbonyl (C=O) groups is 1. The highest BCUT2D eigenvalue weighted by molar-refractivity contribution is 7.89. The van der Waals surface area contributed by atoms with E-state index in [1.165, 1.54) is 30.3 Å². The first kappa shape index (κ1) is 19.6. The molecular formula is C17H17N3O7S. The van der Waals surface area contributed by atoms with E-state index in [4.69, 9.17) is 9.88 Å². The fourth-order valence-corrected chi connectivity index (χ4v) is 3.20. The molecule has 0 atom stereocenters. The van der Waals surface area contributed by atoms with Crippen molar-refractivity contribution in [1.82, 2.24) is 0 Å². The van der Waals surface area contributed by atoms with Crippen molar-refractivity contribution in [1.29, 1.82) is 0 Å². The van der Waals surface area contributed by atoms with Crippen LogP contribution in [-0.2, 0) is 10.0 Å². The van der Waals surface area contributed by atoms with E-state index in [-0.39, 0.29) is 28.4 Å². The summed E-state index contributed by atoms with van der Waals surface area (Å²) in [5.41, 5.74) is -0.264. The SMILES string of the molecule is NS(=O)(=O)c1cc(C(=O)O)cc(NCC2CC2)c1Oc1ccc([N+](=O)[O-])cc1. The van der Waals surface area contributed by atoms with E-state index in [2.05, 4.69) is 5.32 Å². The molecule has 2 aromatic rings. The van der Waals surface area contributed by atoms with Gasteiger partial charge in [0.15, 0.2) is 5.75 Å². The summed E-state index contributed by atoms with van der Waals surface area (Å²) in [6.45, 7) is 0.518. The highest BCUT2D eigenvalue weighted by atomic mass is 32.2. The number of rotatable bonds is 8. The first-order valence-corrected chi connectivity index (χ1v) is 9.80. The molecule has 0 amide bonds. The summed E-state index contributed by atoms with van der Waals surface area (Å²) in [7, 11) is -4.31. The summed E-state index contributed by atoms with van der Waals surface area (Å²) in [4.78, 5) is 21.1. The third kappa shape index (κ3) is 4.56. The molecule has 148 valence electrons. The number of benzene rings is 2. The monoisotopic (exact) mass is 407 g/mol. The molecular weight excluding hydrogens is 390 g/mol. The van der Waals surface area contributed by atoms with Crippen LogP contribution in [0.15, 0.2) is 41.3 Å². The minimum Gasteiger partial charge on any atom is -0.478 e. The average Bonchev–Trinajstić information content (AvgIpc) is 3.44. The largest absolute Gasteiger partial charge is 0.478 e. The van der Waals surface area contributed by atoms with Gasteiger partial charge in [0, 0.05) is 18.7 Å². The van der Waals surface area contributed by atoms with Crippen LogP contribution in [0, 0.1) is 16.0 Å². The van der Waals surface area contributed by atoms with Gasteiger partial charge in [-0.3, -0.25) is 10.1 Å². The van der Waals surface area contributed by atoms with Crippen LogP contribution in [0.2, 0.25) is 0 Å². The third-order valence-corrected chi connectivity index (χ3v) is 5.07. The molecule has 4 N–H and O–H groups in total. The van der Waals surface area contributed by atoms with Crippen LogP contribution in [0.3, 0.4) is 0 Å². The Hall–Kier alpha value is -3.18. The minimum absolute atomic E-state index is 0.132. The Kier molecular flexibility index (Phi) is 5.21. The highest BCUT2D eigenvalue weighted by Crippen LogP contribution is 2.38. The Bertz CT molecular complexity index is 1030. The summed E-state index contributed by atoms with van der Waals surface area (Å²) in [5.74, 6) is -0.935. The van der Waals surface area contributed by atoms with Crippen molar-refractivity contribution >= 4 is 27.4 Å². The van der Waals surface area contributed by atoms with Crippen LogP contribution in [0.25, 0.3) is 0 Å². The lowest BCUT2D eigenvalue weighted by molar-refractivity contribution is -0.384. The average molecular weight is 407 g/mol. The maximum atomic E-state index is 12.1. The molecule has 0 saturated heterocycles. The van der Waals surface area contributed by atoms with E-state index >= 15 is 0 Å². The molecule has 0 spiro atoms. The van der Waals surface area contributed by atoms with E-state index in [0.29, 0.717) is 12.5 Å². The van der Waals surface area contributed by atoms with Crippen LogP contribution < -0.4 is 15.2 Å². The van der Waals surface area contributed by atoms with Gasteiger partial charge in [-0.1, -0.05) is 0 Å². The lowest BCUT2D eigenvalue weighted by atomic mass is 10.1. The Morgan fingerprint density at radius 2 is 1.93 bits per heavy atom. The summed E-state index contributed by atoms with van der Waals surface area (Å²) in [5, 5.41) is 28.3. The predicted octanol–water partition coefficient (Wildman–Crippen LogP) is 2.55. The quantitative estimate of drug-likeness (QED) is 0.444. The number of aromatic carboxylic acids is 1. The van der Waals surface area contributed by atoms with Crippen LogP contribution in [0.4, 0.5) is 11.4 Å². The normalized spacial score (nSPS) is 13.8. The molecule has 0 unspecified atom stereocenters. The summed E-state index contributed by atoms with van der Waals surface area (Å²) < 4.78 is 29.8. The van der Waals surface area contributed by atoms with Crippen LogP contribution in [-0.4, -0.2) is 31.0 Å². The Morgan fingerprint density at radius 1 is 1.29 bits per heavy atom. The van der Waals surface area contributed by atoms with E-state index in [1.54, 1.807) is 0 Å². The molecule has 10 nitrogen and oxygen atoms in total. The molecule has 0 aliphatic heterocycles. The van der Waals surface area contributed by atoms with E-state index in [1.807, 2.05) is 0 Å². The number of primary sulfonamides is 1. The van der Waals surface area contributed by atoms with Crippen molar-refractivity contribution in [2.45, 2.75) is 17.7 Å². The van der Waals surface area contributed by atoms with Crippen molar-refractivity contribution < 1.29 is 28.0 Å². The number of sulfonamides is 1. The fourth-order valence-electron chi connectivity index (χ4n) is 2.50. The van der Waals surface area contributed by atoms with Gasteiger partial charge in [0.2, 0.25) is 10.0 Å². The maximum absolute atomic E-state index is 12.1. The number of nitrogens with zero attached hydrogens (tertiary/aromatic N) is 1. The van der Waals surface area contributed by atoms with Gasteiger partial charge in [-0.25, -0.2) is 18.4 Å². The third-order valence-electron chi connectivity index (χ3n) is 4.15. The molecule has 0 radical (unpaired) electrons. The van der Waals surface area contributed by atoms with Crippen molar-refractivity contribution in [3.63, 3.8) is 0 Å². The number of non-ortho nitro benzene ring substituents is 1. The molecule has 2 aromatic carbocycles. The van der Waals surface area contributed by atoms with Gasteiger partial charge in [-0.2, -0.15) is 0 Å². The van der Waals surface area contributed by atoms with Crippen LogP contribution in [0.1, 0.15) is 23.2 Å². The number of anilines is 1. The minimum atomic E-state index is -4.31. The highest BCUT2D eigenvalue weighted by Gasteiger charge is 2.26. The zero-order valence-electron chi connectivity index (χ0n) is 14.5. The molecule has 3 rings (SSSR count). The zero-order valence-corrected chi connectivity index (χ0v) is 15.3. The number of hydrogen-bond acceptors (Lipinski definition) is 7. The molecule has 0 heterocycles. The van der Waals surface area contributed by atoms with Crippen molar-refractivity contribution in [2.24, 2.45) is 11.1 Å². The number of nitrogens with one attached hydrogen (secondary N) is 1. The first-order valence-electron chi connectivity index (χ1n) is 8.25. The van der Waals surface area contributed by atoms with Crippen molar-refractivity contribution in [3.05, 3.63) is 52.1 Å². The maximum Gasteiger partial charge on any atom is 0.335 e. The van der Waals surface area contributed by atoms with Gasteiger partial charge in [0.05, 0.1) is 16.2 Å². The van der Waals surface area contributed by atoms with Crippen molar-refractivity contribution in [2.75, 3.05) is 11.9 Å². The van der Waals surface area contributed by atoms with E-state index < -0.39 is 25.8 Å². The Morgan fingerprint density at radius 3 is 2.43 bits per heavy atom. The number of carboxylic acid groups (broad SMARTS) is 1. The number of ether oxygens (including phenoxy) is 1. The van der Waals surface area contributed by atoms with Gasteiger partial charge < -0.3 is 15.2 Å². The molecule has 0 bridgehead atoms. The molecule has 28 heavy (non-hydrogen) atoms. The second-order valence-electron chi connectivity index (χ2n) is 6.38. The summed E-state index contributed by atoms with van der Waals surface area (Å²) >= 11 is 0. The van der Waals surface area contributed by atoms with Gasteiger partial charge >= 0.3 is 5.97 Å². The zero-order chi connectivity index (χ0) is 20.5. The Labute approximate surface area is 160 Å². The van der Waals surface area contributed by atoms with Gasteiger partial charge in [-0.15, -0.1) is 0 Å². The summed E-state index contributed by atoms with van der Waals surface area (Å²) in [6, 6.07) is 7.20. The van der Waals surface area contributed by atoms with Crippen molar-refractivity contribution in [3.8, 4) is 11.5 Å². The molecule has 1 aliphatic rings. The molecule has 0 aromatic heterocycles.